The van der Waals surface area contributed by atoms with Crippen molar-refractivity contribution in [2.75, 3.05) is 12.3 Å². The molecule has 3 rings (SSSR count). The maximum Gasteiger partial charge on any atom is 0.219 e. The Balaban J connectivity index is 1.67. The van der Waals surface area contributed by atoms with Crippen molar-refractivity contribution in [1.82, 2.24) is 20.1 Å². The normalized spacial score (nSPS) is 11.2. The van der Waals surface area contributed by atoms with Crippen molar-refractivity contribution >= 4 is 40.9 Å². The maximum absolute atomic E-state index is 12.0. The zero-order valence-corrected chi connectivity index (χ0v) is 21.6. The smallest absolute Gasteiger partial charge is 0.219 e. The van der Waals surface area contributed by atoms with Crippen molar-refractivity contribution in [3.63, 3.8) is 0 Å². The van der Waals surface area contributed by atoms with Crippen LogP contribution in [0.3, 0.4) is 0 Å². The van der Waals surface area contributed by atoms with Gasteiger partial charge in [-0.25, -0.2) is 0 Å². The highest BCUT2D eigenvalue weighted by Gasteiger charge is 2.17. The van der Waals surface area contributed by atoms with E-state index in [9.17, 15) is 4.79 Å². The zero-order chi connectivity index (χ0) is 23.8. The van der Waals surface area contributed by atoms with Crippen LogP contribution in [0.2, 0.25) is 10.0 Å². The Bertz CT molecular complexity index is 1070. The van der Waals surface area contributed by atoms with Gasteiger partial charge >= 0.3 is 0 Å². The third-order valence-corrected chi connectivity index (χ3v) is 6.93. The van der Waals surface area contributed by atoms with E-state index in [2.05, 4.69) is 48.4 Å². The molecule has 0 fully saturated rings. The number of amides is 1. The van der Waals surface area contributed by atoms with Crippen molar-refractivity contribution in [1.29, 1.82) is 0 Å². The average molecular weight is 506 g/mol. The van der Waals surface area contributed by atoms with E-state index in [-0.39, 0.29) is 5.91 Å². The van der Waals surface area contributed by atoms with Gasteiger partial charge in [0.25, 0.3) is 0 Å². The van der Waals surface area contributed by atoms with Crippen molar-refractivity contribution in [3.8, 4) is 17.1 Å². The van der Waals surface area contributed by atoms with Gasteiger partial charge in [-0.1, -0.05) is 78.6 Å². The van der Waals surface area contributed by atoms with Gasteiger partial charge in [0.15, 0.2) is 11.0 Å². The third-order valence-electron chi connectivity index (χ3n) is 5.18. The molecule has 0 saturated carbocycles. The van der Waals surface area contributed by atoms with E-state index in [1.54, 1.807) is 17.8 Å². The van der Waals surface area contributed by atoms with Crippen LogP contribution in [-0.4, -0.2) is 33.0 Å². The Hall–Kier alpha value is -2.02. The fraction of sp³-hybridized carbons (Fsp3) is 0.400. The monoisotopic (exact) mass is 504 g/mol. The van der Waals surface area contributed by atoms with Gasteiger partial charge in [-0.3, -0.25) is 9.36 Å². The molecule has 5 nitrogen and oxygen atoms in total. The van der Waals surface area contributed by atoms with Crippen molar-refractivity contribution in [2.24, 2.45) is 5.92 Å². The van der Waals surface area contributed by atoms with Crippen LogP contribution in [0.5, 0.6) is 0 Å². The average Bonchev–Trinajstić information content (AvgIpc) is 3.19. The van der Waals surface area contributed by atoms with Crippen LogP contribution >= 0.6 is 35.0 Å². The molecule has 0 unspecified atom stereocenters. The predicted molar refractivity (Wildman–Crippen MR) is 139 cm³/mol. The Morgan fingerprint density at radius 1 is 1.06 bits per heavy atom. The minimum Gasteiger partial charge on any atom is -0.356 e. The number of nitrogens with zero attached hydrogens (tertiary/aromatic N) is 3. The van der Waals surface area contributed by atoms with Crippen LogP contribution in [0, 0.1) is 12.8 Å². The van der Waals surface area contributed by atoms with Crippen LogP contribution in [-0.2, 0) is 4.79 Å². The molecule has 1 aromatic heterocycles. The number of hydrogen-bond acceptors (Lipinski definition) is 4. The maximum atomic E-state index is 12.0. The summed E-state index contributed by atoms with van der Waals surface area (Å²) in [7, 11) is 0. The molecule has 0 saturated heterocycles. The van der Waals surface area contributed by atoms with E-state index in [0.717, 1.165) is 53.8 Å². The van der Waals surface area contributed by atoms with Gasteiger partial charge < -0.3 is 5.32 Å². The summed E-state index contributed by atoms with van der Waals surface area (Å²) in [6.45, 7) is 7.12. The number of carbonyl (C=O) groups is 1. The van der Waals surface area contributed by atoms with E-state index in [0.29, 0.717) is 22.4 Å². The second-order valence-electron chi connectivity index (χ2n) is 8.44. The number of aryl methyl sites for hydroxylation is 1. The number of aromatic nitrogens is 3. The molecule has 33 heavy (non-hydrogen) atoms. The summed E-state index contributed by atoms with van der Waals surface area (Å²) in [5, 5.41) is 13.7. The van der Waals surface area contributed by atoms with Gasteiger partial charge in [0, 0.05) is 24.3 Å². The number of unbranched alkanes of at least 4 members (excludes halogenated alkanes) is 1. The van der Waals surface area contributed by atoms with Gasteiger partial charge in [-0.15, -0.1) is 10.2 Å². The van der Waals surface area contributed by atoms with E-state index in [1.807, 2.05) is 28.8 Å². The molecule has 1 N–H and O–H groups in total. The van der Waals surface area contributed by atoms with Gasteiger partial charge in [-0.05, 0) is 50.3 Å². The van der Waals surface area contributed by atoms with Crippen LogP contribution in [0.25, 0.3) is 17.1 Å². The van der Waals surface area contributed by atoms with Gasteiger partial charge in [0.2, 0.25) is 5.91 Å². The summed E-state index contributed by atoms with van der Waals surface area (Å²) in [6.07, 6.45) is 3.31. The molecular formula is C25H30Cl2N4OS. The molecule has 0 aliphatic rings. The third kappa shape index (κ3) is 7.49. The molecule has 0 bridgehead atoms. The Kier molecular flexibility index (Phi) is 9.65. The largest absolute Gasteiger partial charge is 0.356 e. The number of benzene rings is 2. The minimum absolute atomic E-state index is 0.126. The fourth-order valence-corrected chi connectivity index (χ4v) is 4.49. The molecule has 2 aromatic carbocycles. The highest BCUT2D eigenvalue weighted by Crippen LogP contribution is 2.31. The quantitative estimate of drug-likeness (QED) is 0.226. The first-order chi connectivity index (χ1) is 15.8. The first kappa shape index (κ1) is 25.6. The highest BCUT2D eigenvalue weighted by molar-refractivity contribution is 7.99. The lowest BCUT2D eigenvalue weighted by Gasteiger charge is -2.11. The minimum atomic E-state index is 0.126. The highest BCUT2D eigenvalue weighted by atomic mass is 35.5. The summed E-state index contributed by atoms with van der Waals surface area (Å²) in [6, 6.07) is 13.7. The molecule has 0 atom stereocenters. The van der Waals surface area contributed by atoms with Crippen LogP contribution < -0.4 is 5.32 Å². The number of halogens is 2. The topological polar surface area (TPSA) is 59.8 Å². The van der Waals surface area contributed by atoms with Crippen LogP contribution in [0.4, 0.5) is 0 Å². The van der Waals surface area contributed by atoms with Crippen molar-refractivity contribution in [2.45, 2.75) is 51.6 Å². The van der Waals surface area contributed by atoms with Crippen molar-refractivity contribution in [3.05, 3.63) is 58.1 Å². The predicted octanol–water partition coefficient (Wildman–Crippen LogP) is 6.97. The molecule has 1 heterocycles. The number of hydrogen-bond donors (Lipinski definition) is 1. The second-order valence-corrected chi connectivity index (χ2v) is 10.3. The van der Waals surface area contributed by atoms with E-state index in [4.69, 9.17) is 23.2 Å². The summed E-state index contributed by atoms with van der Waals surface area (Å²) in [4.78, 5) is 12.0. The molecule has 0 spiro atoms. The molecule has 1 amide bonds. The van der Waals surface area contributed by atoms with E-state index < -0.39 is 0 Å². The summed E-state index contributed by atoms with van der Waals surface area (Å²) < 4.78 is 2.01. The number of rotatable bonds is 11. The summed E-state index contributed by atoms with van der Waals surface area (Å²) in [5.41, 5.74) is 3.02. The van der Waals surface area contributed by atoms with Gasteiger partial charge in [0.05, 0.1) is 15.7 Å². The summed E-state index contributed by atoms with van der Waals surface area (Å²) in [5.74, 6) is 2.31. The molecule has 176 valence electrons. The first-order valence-corrected chi connectivity index (χ1v) is 13.0. The SMILES string of the molecule is Cc1ccc(-c2nnc(SCCCCC(=O)NCCC(C)C)n2-c2ccc(Cl)c(Cl)c2)cc1. The van der Waals surface area contributed by atoms with Crippen molar-refractivity contribution < 1.29 is 4.79 Å². The number of nitrogens with one attached hydrogen (secondary N) is 1. The van der Waals surface area contributed by atoms with Crippen LogP contribution in [0.15, 0.2) is 47.6 Å². The standard InChI is InChI=1S/C25H30Cl2N4OS/c1-17(2)13-14-28-23(32)6-4-5-15-33-25-30-29-24(19-9-7-18(3)8-10-19)31(25)20-11-12-21(26)22(27)16-20/h7-12,16-17H,4-6,13-15H2,1-3H3,(H,28,32). The van der Waals surface area contributed by atoms with Gasteiger partial charge in [-0.2, -0.15) is 0 Å². The van der Waals surface area contributed by atoms with E-state index >= 15 is 0 Å². The molecule has 3 aromatic rings. The second kappa shape index (κ2) is 12.4. The molecular weight excluding hydrogens is 475 g/mol. The zero-order valence-electron chi connectivity index (χ0n) is 19.3. The molecule has 0 radical (unpaired) electrons. The summed E-state index contributed by atoms with van der Waals surface area (Å²) >= 11 is 14.1. The fourth-order valence-electron chi connectivity index (χ4n) is 3.25. The Labute approximate surface area is 210 Å². The van der Waals surface area contributed by atoms with Crippen LogP contribution in [0.1, 0.15) is 45.1 Å². The lowest BCUT2D eigenvalue weighted by molar-refractivity contribution is -0.121. The van der Waals surface area contributed by atoms with Gasteiger partial charge in [0.1, 0.15) is 0 Å². The number of thioether (sulfide) groups is 1. The number of carbonyl (C=O) groups excluding carboxylic acids is 1. The molecule has 0 aliphatic carbocycles. The molecule has 8 heteroatoms. The Morgan fingerprint density at radius 2 is 1.82 bits per heavy atom. The Morgan fingerprint density at radius 3 is 2.52 bits per heavy atom. The first-order valence-electron chi connectivity index (χ1n) is 11.2. The lowest BCUT2D eigenvalue weighted by atomic mass is 10.1. The lowest BCUT2D eigenvalue weighted by Crippen LogP contribution is -2.24. The molecule has 0 aliphatic heterocycles. The van der Waals surface area contributed by atoms with E-state index in [1.165, 1.54) is 5.56 Å².